The number of thioether (sulfide) groups is 2. The largest absolute Gasteiger partial charge is 0.300 e. The topological polar surface area (TPSA) is 30.7 Å². The lowest BCUT2D eigenvalue weighted by molar-refractivity contribution is 0.0731. The minimum absolute atomic E-state index is 0.179. The predicted octanol–water partition coefficient (Wildman–Crippen LogP) is 4.09. The zero-order valence-corrected chi connectivity index (χ0v) is 14.6. The smallest absolute Gasteiger partial charge is 0.254 e. The molecule has 132 valence electrons. The number of aromatic nitrogens is 3. The lowest BCUT2D eigenvalue weighted by atomic mass is 10.2. The van der Waals surface area contributed by atoms with E-state index in [1.165, 1.54) is 23.5 Å². The van der Waals surface area contributed by atoms with Gasteiger partial charge in [-0.05, 0) is 25.7 Å². The molecule has 0 aliphatic heterocycles. The Bertz CT molecular complexity index is 611. The second-order valence-electron chi connectivity index (χ2n) is 7.52. The average molecular weight is 379 g/mol. The molecule has 4 saturated carbocycles. The third-order valence-electron chi connectivity index (χ3n) is 6.14. The lowest BCUT2D eigenvalue weighted by Crippen LogP contribution is -2.11. The van der Waals surface area contributed by atoms with E-state index >= 15 is 0 Å². The summed E-state index contributed by atoms with van der Waals surface area (Å²) in [5, 5.41) is 10.2. The van der Waals surface area contributed by atoms with Gasteiger partial charge in [0, 0.05) is 41.2 Å². The summed E-state index contributed by atoms with van der Waals surface area (Å²) in [5.74, 6) is -6.65. The maximum absolute atomic E-state index is 13.3. The Hall–Kier alpha value is -0.440. The molecule has 0 radical (unpaired) electrons. The number of halogens is 4. The van der Waals surface area contributed by atoms with Crippen LogP contribution in [0.25, 0.3) is 0 Å². The predicted molar refractivity (Wildman–Crippen MR) is 82.6 cm³/mol. The Morgan fingerprint density at radius 3 is 1.46 bits per heavy atom. The molecule has 0 bridgehead atoms. The molecule has 0 spiro atoms. The first-order valence-electron chi connectivity index (χ1n) is 8.26. The summed E-state index contributed by atoms with van der Waals surface area (Å²) < 4.78 is 54.9. The van der Waals surface area contributed by atoms with Crippen molar-refractivity contribution in [2.45, 2.75) is 58.3 Å². The average Bonchev–Trinajstić information content (AvgIpc) is 3.06. The van der Waals surface area contributed by atoms with Gasteiger partial charge in [0.05, 0.1) is 0 Å². The van der Waals surface area contributed by atoms with Crippen molar-refractivity contribution in [1.82, 2.24) is 14.8 Å². The van der Waals surface area contributed by atoms with Crippen molar-refractivity contribution in [3.8, 4) is 0 Å². The van der Waals surface area contributed by atoms with Gasteiger partial charge in [-0.3, -0.25) is 0 Å². The molecule has 4 aliphatic rings. The highest BCUT2D eigenvalue weighted by atomic mass is 32.2. The number of hydrogen-bond donors (Lipinski definition) is 0. The molecule has 9 heteroatoms. The number of nitrogens with zero attached hydrogens (tertiary/aromatic N) is 3. The van der Waals surface area contributed by atoms with Crippen molar-refractivity contribution in [3.05, 3.63) is 0 Å². The van der Waals surface area contributed by atoms with Crippen molar-refractivity contribution in [1.29, 1.82) is 0 Å². The molecule has 1 heterocycles. The molecule has 4 fully saturated rings. The molecule has 0 aromatic carbocycles. The van der Waals surface area contributed by atoms with E-state index in [2.05, 4.69) is 10.2 Å². The lowest BCUT2D eigenvalue weighted by Gasteiger charge is -2.14. The highest BCUT2D eigenvalue weighted by Crippen LogP contribution is 2.67. The van der Waals surface area contributed by atoms with Crippen LogP contribution >= 0.6 is 23.5 Å². The molecule has 1 aromatic rings. The number of fused-ring (bicyclic) bond motifs is 2. The third kappa shape index (κ3) is 2.19. The van der Waals surface area contributed by atoms with Gasteiger partial charge >= 0.3 is 0 Å². The van der Waals surface area contributed by atoms with Crippen LogP contribution in [-0.4, -0.2) is 37.1 Å². The van der Waals surface area contributed by atoms with Crippen molar-refractivity contribution >= 4 is 23.5 Å². The maximum Gasteiger partial charge on any atom is 0.254 e. The Balaban J connectivity index is 1.19. The maximum atomic E-state index is 13.3. The molecule has 1 aromatic heterocycles. The fourth-order valence-corrected chi connectivity index (χ4v) is 7.06. The second kappa shape index (κ2) is 4.84. The molecule has 4 aliphatic carbocycles. The fourth-order valence-electron chi connectivity index (χ4n) is 4.53. The van der Waals surface area contributed by atoms with Crippen LogP contribution in [0.15, 0.2) is 10.3 Å². The van der Waals surface area contributed by atoms with E-state index in [1.54, 1.807) is 0 Å². The van der Waals surface area contributed by atoms with Gasteiger partial charge < -0.3 is 4.57 Å². The monoisotopic (exact) mass is 379 g/mol. The highest BCUT2D eigenvalue weighted by Gasteiger charge is 2.72. The normalized spacial score (nSPS) is 43.5. The van der Waals surface area contributed by atoms with Crippen LogP contribution in [0.4, 0.5) is 17.6 Å². The Morgan fingerprint density at radius 2 is 1.12 bits per heavy atom. The molecular formula is C15H17F4N3S2. The molecule has 0 N–H and O–H groups in total. The van der Waals surface area contributed by atoms with Crippen molar-refractivity contribution in [3.63, 3.8) is 0 Å². The second-order valence-corrected chi connectivity index (χ2v) is 10.1. The summed E-state index contributed by atoms with van der Waals surface area (Å²) in [6.07, 6.45) is 2.16. The minimum Gasteiger partial charge on any atom is -0.300 e. The molecule has 4 atom stereocenters. The molecular weight excluding hydrogens is 362 g/mol. The zero-order valence-electron chi connectivity index (χ0n) is 13.0. The zero-order chi connectivity index (χ0) is 16.9. The highest BCUT2D eigenvalue weighted by molar-refractivity contribution is 8.00. The first-order valence-corrected chi connectivity index (χ1v) is 10.0. The molecule has 4 unspecified atom stereocenters. The molecule has 0 amide bonds. The van der Waals surface area contributed by atoms with Crippen LogP contribution in [0, 0.1) is 23.7 Å². The summed E-state index contributed by atoms with van der Waals surface area (Å²) >= 11 is 3.05. The summed E-state index contributed by atoms with van der Waals surface area (Å²) in [4.78, 5) is 0. The van der Waals surface area contributed by atoms with Gasteiger partial charge in [0.2, 0.25) is 0 Å². The van der Waals surface area contributed by atoms with Crippen LogP contribution in [0.5, 0.6) is 0 Å². The summed E-state index contributed by atoms with van der Waals surface area (Å²) in [6.45, 7) is 0. The van der Waals surface area contributed by atoms with E-state index in [-0.39, 0.29) is 10.5 Å². The van der Waals surface area contributed by atoms with Gasteiger partial charge in [-0.25, -0.2) is 17.6 Å². The minimum atomic E-state index is -2.44. The van der Waals surface area contributed by atoms with Gasteiger partial charge in [0.1, 0.15) is 0 Å². The first-order chi connectivity index (χ1) is 11.3. The van der Waals surface area contributed by atoms with Gasteiger partial charge in [-0.15, -0.1) is 10.2 Å². The number of rotatable bonds is 4. The van der Waals surface area contributed by atoms with E-state index < -0.39 is 35.5 Å². The SMILES string of the molecule is Cn1c(SC2CC3C(C2)C3(F)F)nnc1SC1CC2C(C1)C2(F)F. The van der Waals surface area contributed by atoms with E-state index in [4.69, 9.17) is 0 Å². The van der Waals surface area contributed by atoms with Crippen LogP contribution in [0.1, 0.15) is 25.7 Å². The van der Waals surface area contributed by atoms with E-state index in [0.717, 1.165) is 10.3 Å². The van der Waals surface area contributed by atoms with E-state index in [9.17, 15) is 17.6 Å². The van der Waals surface area contributed by atoms with Gasteiger partial charge in [0.25, 0.3) is 11.8 Å². The molecule has 24 heavy (non-hydrogen) atoms. The summed E-state index contributed by atoms with van der Waals surface area (Å²) in [6, 6.07) is 0. The third-order valence-corrected chi connectivity index (χ3v) is 8.71. The van der Waals surface area contributed by atoms with Gasteiger partial charge in [-0.1, -0.05) is 23.5 Å². The molecule has 3 nitrogen and oxygen atoms in total. The van der Waals surface area contributed by atoms with Gasteiger partial charge in [-0.2, -0.15) is 0 Å². The van der Waals surface area contributed by atoms with Gasteiger partial charge in [0.15, 0.2) is 10.3 Å². The van der Waals surface area contributed by atoms with E-state index in [0.29, 0.717) is 25.7 Å². The first kappa shape index (κ1) is 15.8. The fraction of sp³-hybridized carbons (Fsp3) is 0.867. The van der Waals surface area contributed by atoms with Crippen LogP contribution in [0.3, 0.4) is 0 Å². The molecule has 0 saturated heterocycles. The van der Waals surface area contributed by atoms with Crippen molar-refractivity contribution in [2.24, 2.45) is 30.7 Å². The van der Waals surface area contributed by atoms with Crippen LogP contribution in [0.2, 0.25) is 0 Å². The van der Waals surface area contributed by atoms with E-state index in [1.807, 2.05) is 11.6 Å². The number of hydrogen-bond acceptors (Lipinski definition) is 4. The van der Waals surface area contributed by atoms with Crippen LogP contribution < -0.4 is 0 Å². The van der Waals surface area contributed by atoms with Crippen molar-refractivity contribution in [2.75, 3.05) is 0 Å². The van der Waals surface area contributed by atoms with Crippen molar-refractivity contribution < 1.29 is 17.6 Å². The standard InChI is InChI=1S/C15H17F4N3S2/c1-22-12(23-6-2-8-9(3-6)14(8,16)17)20-21-13(22)24-7-4-10-11(5-7)15(10,18)19/h6-11H,2-5H2,1H3. The van der Waals surface area contributed by atoms with Crippen LogP contribution in [-0.2, 0) is 7.05 Å². The summed E-state index contributed by atoms with van der Waals surface area (Å²) in [5.41, 5.74) is 0. The Labute approximate surface area is 145 Å². The molecule has 5 rings (SSSR count). The quantitative estimate of drug-likeness (QED) is 0.738. The summed E-state index contributed by atoms with van der Waals surface area (Å²) in [7, 11) is 1.86. The Morgan fingerprint density at radius 1 is 0.792 bits per heavy atom. The Kier molecular flexibility index (Phi) is 3.18. The number of alkyl halides is 4.